The average Bonchev–Trinajstić information content (AvgIpc) is 2.71. The second kappa shape index (κ2) is 13.2. The minimum Gasteiger partial charge on any atom is -0.369 e. The molecule has 0 atom stereocenters. The van der Waals surface area contributed by atoms with Crippen LogP contribution >= 0.6 is 0 Å². The molecule has 0 radical (unpaired) electrons. The number of guanidine groups is 2. The molecule has 0 unspecified atom stereocenters. The van der Waals surface area contributed by atoms with E-state index in [1.807, 2.05) is 60.7 Å². The first-order valence-electron chi connectivity index (χ1n) is 9.86. The van der Waals surface area contributed by atoms with E-state index in [-0.39, 0.29) is 5.96 Å². The van der Waals surface area contributed by atoms with Crippen molar-refractivity contribution in [2.24, 2.45) is 10.7 Å². The minimum absolute atomic E-state index is 0.0115. The Balaban J connectivity index is 0.000000295. The van der Waals surface area contributed by atoms with Gasteiger partial charge in [0.2, 0.25) is 0 Å². The Hall–Kier alpha value is -3.02. The maximum absolute atomic E-state index is 7.63. The summed E-state index contributed by atoms with van der Waals surface area (Å²) in [6.07, 6.45) is 0. The highest BCUT2D eigenvalue weighted by molar-refractivity contribution is 5.99. The van der Waals surface area contributed by atoms with Crippen molar-refractivity contribution in [3.05, 3.63) is 60.7 Å². The summed E-state index contributed by atoms with van der Waals surface area (Å²) in [4.78, 5) is 8.31. The largest absolute Gasteiger partial charge is 0.369 e. The number of hydrogen-bond acceptors (Lipinski definition) is 2. The summed E-state index contributed by atoms with van der Waals surface area (Å²) in [5.41, 5.74) is 7.39. The van der Waals surface area contributed by atoms with E-state index in [4.69, 9.17) is 11.1 Å². The lowest BCUT2D eigenvalue weighted by Gasteiger charge is -2.23. The van der Waals surface area contributed by atoms with Crippen LogP contribution in [0.25, 0.3) is 0 Å². The Bertz CT molecular complexity index is 656. The first kappa shape index (κ1) is 23.0. The summed E-state index contributed by atoms with van der Waals surface area (Å²) in [7, 11) is 0. The summed E-state index contributed by atoms with van der Waals surface area (Å²) in [6.45, 7) is 12.3. The molecule has 0 aromatic heterocycles. The number of benzene rings is 2. The SMILES string of the molecule is CC/N=C(\NCC)N(CC)CC.N=C(N)N(c1ccccc1)c1ccccc1. The maximum Gasteiger partial charge on any atom is 0.197 e. The Kier molecular flexibility index (Phi) is 10.8. The fourth-order valence-electron chi connectivity index (χ4n) is 2.68. The zero-order valence-electron chi connectivity index (χ0n) is 17.5. The van der Waals surface area contributed by atoms with E-state index in [9.17, 15) is 0 Å². The lowest BCUT2D eigenvalue weighted by Crippen LogP contribution is -2.41. The van der Waals surface area contributed by atoms with Crippen LogP contribution in [0.4, 0.5) is 11.4 Å². The first-order valence-corrected chi connectivity index (χ1v) is 9.86. The van der Waals surface area contributed by atoms with Crippen molar-refractivity contribution in [3.63, 3.8) is 0 Å². The van der Waals surface area contributed by atoms with E-state index < -0.39 is 0 Å². The van der Waals surface area contributed by atoms with Crippen LogP contribution in [0, 0.1) is 5.41 Å². The number of nitrogens with two attached hydrogens (primary N) is 1. The predicted octanol–water partition coefficient (Wildman–Crippen LogP) is 4.03. The van der Waals surface area contributed by atoms with Crippen LogP contribution in [0.15, 0.2) is 65.7 Å². The number of nitrogens with zero attached hydrogens (tertiary/aromatic N) is 3. The number of anilines is 2. The number of hydrogen-bond donors (Lipinski definition) is 3. The van der Waals surface area contributed by atoms with Crippen molar-refractivity contribution in [3.8, 4) is 0 Å². The van der Waals surface area contributed by atoms with Gasteiger partial charge < -0.3 is 16.0 Å². The van der Waals surface area contributed by atoms with Crippen LogP contribution in [-0.2, 0) is 0 Å². The molecule has 152 valence electrons. The highest BCUT2D eigenvalue weighted by Gasteiger charge is 2.10. The van der Waals surface area contributed by atoms with Gasteiger partial charge in [0.05, 0.1) is 0 Å². The van der Waals surface area contributed by atoms with Crippen LogP contribution in [0.2, 0.25) is 0 Å². The molecule has 2 rings (SSSR count). The normalized spacial score (nSPS) is 10.5. The summed E-state index contributed by atoms with van der Waals surface area (Å²) >= 11 is 0. The summed E-state index contributed by atoms with van der Waals surface area (Å²) in [6, 6.07) is 19.3. The molecular formula is C22H34N6. The molecular weight excluding hydrogens is 348 g/mol. The molecule has 0 bridgehead atoms. The van der Waals surface area contributed by atoms with Gasteiger partial charge in [-0.2, -0.15) is 0 Å². The molecule has 0 aliphatic carbocycles. The van der Waals surface area contributed by atoms with E-state index in [2.05, 4.69) is 42.9 Å². The highest BCUT2D eigenvalue weighted by Crippen LogP contribution is 2.23. The zero-order chi connectivity index (χ0) is 20.8. The molecule has 2 aromatic carbocycles. The van der Waals surface area contributed by atoms with Gasteiger partial charge in [-0.15, -0.1) is 0 Å². The number of rotatable bonds is 6. The van der Waals surface area contributed by atoms with Crippen LogP contribution in [0.1, 0.15) is 27.7 Å². The Morgan fingerprint density at radius 1 is 0.893 bits per heavy atom. The van der Waals surface area contributed by atoms with Gasteiger partial charge in [0.15, 0.2) is 11.9 Å². The number of aliphatic imine (C=N–C) groups is 1. The molecule has 0 saturated carbocycles. The number of para-hydroxylation sites is 2. The first-order chi connectivity index (χ1) is 13.6. The van der Waals surface area contributed by atoms with E-state index in [1.165, 1.54) is 0 Å². The fourth-order valence-corrected chi connectivity index (χ4v) is 2.68. The molecule has 0 aliphatic heterocycles. The van der Waals surface area contributed by atoms with Crippen LogP contribution in [0.3, 0.4) is 0 Å². The quantitative estimate of drug-likeness (QED) is 0.520. The van der Waals surface area contributed by atoms with Crippen molar-refractivity contribution in [1.29, 1.82) is 5.41 Å². The fraction of sp³-hybridized carbons (Fsp3) is 0.364. The van der Waals surface area contributed by atoms with E-state index in [1.54, 1.807) is 4.90 Å². The number of nitrogens with one attached hydrogen (secondary N) is 2. The third-order valence-electron chi connectivity index (χ3n) is 3.98. The van der Waals surface area contributed by atoms with Crippen LogP contribution in [0.5, 0.6) is 0 Å². The Labute approximate surface area is 169 Å². The lowest BCUT2D eigenvalue weighted by atomic mass is 10.2. The Morgan fingerprint density at radius 2 is 1.36 bits per heavy atom. The molecule has 0 aliphatic rings. The van der Waals surface area contributed by atoms with E-state index in [0.717, 1.165) is 43.5 Å². The maximum atomic E-state index is 7.63. The van der Waals surface area contributed by atoms with Gasteiger partial charge in [-0.25, -0.2) is 0 Å². The van der Waals surface area contributed by atoms with Gasteiger partial charge >= 0.3 is 0 Å². The van der Waals surface area contributed by atoms with Gasteiger partial charge in [0.1, 0.15) is 0 Å². The zero-order valence-corrected chi connectivity index (χ0v) is 17.5. The molecule has 0 amide bonds. The summed E-state index contributed by atoms with van der Waals surface area (Å²) in [5, 5.41) is 10.9. The highest BCUT2D eigenvalue weighted by atomic mass is 15.3. The van der Waals surface area contributed by atoms with Crippen LogP contribution in [-0.4, -0.2) is 43.0 Å². The average molecular weight is 383 g/mol. The summed E-state index contributed by atoms with van der Waals surface area (Å²) in [5.74, 6) is 1.04. The van der Waals surface area contributed by atoms with Gasteiger partial charge in [-0.05, 0) is 52.0 Å². The molecule has 0 saturated heterocycles. The van der Waals surface area contributed by atoms with Crippen molar-refractivity contribution in [2.45, 2.75) is 27.7 Å². The van der Waals surface area contributed by atoms with Crippen molar-refractivity contribution in [2.75, 3.05) is 31.1 Å². The second-order valence-electron chi connectivity index (χ2n) is 5.89. The summed E-state index contributed by atoms with van der Waals surface area (Å²) < 4.78 is 0. The second-order valence-corrected chi connectivity index (χ2v) is 5.89. The van der Waals surface area contributed by atoms with Gasteiger partial charge in [0, 0.05) is 37.6 Å². The van der Waals surface area contributed by atoms with Gasteiger partial charge in [-0.3, -0.25) is 15.3 Å². The lowest BCUT2D eigenvalue weighted by molar-refractivity contribution is 0.446. The molecule has 0 heterocycles. The van der Waals surface area contributed by atoms with Crippen molar-refractivity contribution < 1.29 is 0 Å². The Morgan fingerprint density at radius 3 is 1.68 bits per heavy atom. The molecule has 28 heavy (non-hydrogen) atoms. The van der Waals surface area contributed by atoms with Crippen molar-refractivity contribution in [1.82, 2.24) is 10.2 Å². The van der Waals surface area contributed by atoms with Crippen molar-refractivity contribution >= 4 is 23.3 Å². The molecule has 6 nitrogen and oxygen atoms in total. The molecule has 0 spiro atoms. The smallest absolute Gasteiger partial charge is 0.197 e. The topological polar surface area (TPSA) is 80.7 Å². The van der Waals surface area contributed by atoms with Gasteiger partial charge in [-0.1, -0.05) is 36.4 Å². The van der Waals surface area contributed by atoms with Crippen LogP contribution < -0.4 is 16.0 Å². The molecule has 2 aromatic rings. The van der Waals surface area contributed by atoms with E-state index >= 15 is 0 Å². The predicted molar refractivity (Wildman–Crippen MR) is 122 cm³/mol. The molecule has 6 heteroatoms. The molecule has 0 fully saturated rings. The molecule has 4 N–H and O–H groups in total. The monoisotopic (exact) mass is 382 g/mol. The van der Waals surface area contributed by atoms with E-state index in [0.29, 0.717) is 0 Å². The van der Waals surface area contributed by atoms with Gasteiger partial charge in [0.25, 0.3) is 0 Å². The third kappa shape index (κ3) is 7.31. The third-order valence-corrected chi connectivity index (χ3v) is 3.98. The standard InChI is InChI=1S/C13H13N3.C9H21N3/c14-13(15)16(11-7-3-1-4-8-11)12-9-5-2-6-10-12;1-5-10-9(11-6-2)12(7-3)8-4/h1-10H,(H3,14,15);5-8H2,1-4H3,(H,10,11). The minimum atomic E-state index is 0.0115.